The molecule has 1 atom stereocenters. The molecular formula is C15H24IN3O. The minimum absolute atomic E-state index is 0. The van der Waals surface area contributed by atoms with E-state index in [1.165, 1.54) is 12.8 Å². The van der Waals surface area contributed by atoms with Gasteiger partial charge in [0, 0.05) is 12.6 Å². The highest BCUT2D eigenvalue weighted by Crippen LogP contribution is 2.18. The molecule has 0 aliphatic heterocycles. The maximum absolute atomic E-state index is 5.80. The zero-order valence-electron chi connectivity index (χ0n) is 12.1. The van der Waals surface area contributed by atoms with E-state index in [0.29, 0.717) is 12.6 Å². The van der Waals surface area contributed by atoms with Crippen LogP contribution in [0.25, 0.3) is 0 Å². The molecule has 112 valence electrons. The zero-order chi connectivity index (χ0) is 13.5. The summed E-state index contributed by atoms with van der Waals surface area (Å²) in [6, 6.07) is 10.5. The molecule has 1 aromatic rings. The molecule has 0 heterocycles. The zero-order valence-corrected chi connectivity index (χ0v) is 14.5. The van der Waals surface area contributed by atoms with E-state index in [4.69, 9.17) is 4.74 Å². The molecule has 1 saturated carbocycles. The first-order chi connectivity index (χ1) is 9.28. The number of nitrogens with zero attached hydrogens (tertiary/aromatic N) is 1. The molecule has 0 bridgehead atoms. The van der Waals surface area contributed by atoms with Gasteiger partial charge >= 0.3 is 0 Å². The van der Waals surface area contributed by atoms with E-state index in [2.05, 4.69) is 22.5 Å². The van der Waals surface area contributed by atoms with Gasteiger partial charge in [0.15, 0.2) is 5.96 Å². The lowest BCUT2D eigenvalue weighted by molar-refractivity contribution is 0.230. The highest BCUT2D eigenvalue weighted by Gasteiger charge is 2.22. The van der Waals surface area contributed by atoms with Crippen LogP contribution < -0.4 is 15.4 Å². The van der Waals surface area contributed by atoms with Gasteiger partial charge in [0.2, 0.25) is 0 Å². The summed E-state index contributed by atoms with van der Waals surface area (Å²) in [6.45, 7) is 5.65. The first-order valence-corrected chi connectivity index (χ1v) is 7.04. The van der Waals surface area contributed by atoms with Crippen LogP contribution in [0.1, 0.15) is 26.7 Å². The molecule has 1 unspecified atom stereocenters. The second-order valence-electron chi connectivity index (χ2n) is 4.88. The van der Waals surface area contributed by atoms with E-state index >= 15 is 0 Å². The van der Waals surface area contributed by atoms with E-state index in [1.807, 2.05) is 37.3 Å². The Morgan fingerprint density at radius 2 is 2.05 bits per heavy atom. The van der Waals surface area contributed by atoms with Crippen LogP contribution in [-0.4, -0.2) is 31.2 Å². The summed E-state index contributed by atoms with van der Waals surface area (Å²) >= 11 is 0. The number of aliphatic imine (C=N–C) groups is 1. The molecule has 0 spiro atoms. The van der Waals surface area contributed by atoms with Crippen molar-refractivity contribution in [2.24, 2.45) is 4.99 Å². The third kappa shape index (κ3) is 6.45. The van der Waals surface area contributed by atoms with Crippen LogP contribution in [0.3, 0.4) is 0 Å². The molecule has 4 nitrogen and oxygen atoms in total. The number of guanidine groups is 1. The largest absolute Gasteiger partial charge is 0.489 e. The van der Waals surface area contributed by atoms with Crippen LogP contribution in [0, 0.1) is 0 Å². The number of para-hydroxylation sites is 1. The fraction of sp³-hybridized carbons (Fsp3) is 0.533. The topological polar surface area (TPSA) is 45.7 Å². The average Bonchev–Trinajstić information content (AvgIpc) is 3.21. The molecule has 1 aliphatic carbocycles. The van der Waals surface area contributed by atoms with Crippen molar-refractivity contribution >= 4 is 29.9 Å². The van der Waals surface area contributed by atoms with Crippen molar-refractivity contribution in [2.75, 3.05) is 13.1 Å². The maximum atomic E-state index is 5.80. The summed E-state index contributed by atoms with van der Waals surface area (Å²) in [4.78, 5) is 4.56. The first-order valence-electron chi connectivity index (χ1n) is 7.04. The van der Waals surface area contributed by atoms with Crippen LogP contribution in [0.15, 0.2) is 35.3 Å². The molecule has 1 fully saturated rings. The Morgan fingerprint density at radius 1 is 1.35 bits per heavy atom. The first kappa shape index (κ1) is 17.1. The van der Waals surface area contributed by atoms with Crippen LogP contribution in [0.5, 0.6) is 5.75 Å². The molecule has 5 heteroatoms. The van der Waals surface area contributed by atoms with E-state index in [0.717, 1.165) is 18.3 Å². The normalized spacial score (nSPS) is 16.0. The van der Waals surface area contributed by atoms with E-state index in [-0.39, 0.29) is 30.1 Å². The maximum Gasteiger partial charge on any atom is 0.191 e. The van der Waals surface area contributed by atoms with Gasteiger partial charge in [-0.1, -0.05) is 18.2 Å². The lowest BCUT2D eigenvalue weighted by atomic mass is 10.3. The Labute approximate surface area is 138 Å². The summed E-state index contributed by atoms with van der Waals surface area (Å²) in [7, 11) is 0. The Morgan fingerprint density at radius 3 is 2.65 bits per heavy atom. The number of hydrogen-bond donors (Lipinski definition) is 2. The molecule has 0 radical (unpaired) electrons. The van der Waals surface area contributed by atoms with Gasteiger partial charge in [-0.15, -0.1) is 24.0 Å². The summed E-state index contributed by atoms with van der Waals surface area (Å²) < 4.78 is 5.80. The Hall–Kier alpha value is -0.980. The lowest BCUT2D eigenvalue weighted by Crippen LogP contribution is -2.39. The van der Waals surface area contributed by atoms with Crippen LogP contribution in [0.4, 0.5) is 0 Å². The van der Waals surface area contributed by atoms with Crippen molar-refractivity contribution in [2.45, 2.75) is 38.8 Å². The van der Waals surface area contributed by atoms with Gasteiger partial charge in [0.05, 0.1) is 6.54 Å². The summed E-state index contributed by atoms with van der Waals surface area (Å²) in [5, 5.41) is 6.65. The lowest BCUT2D eigenvalue weighted by Gasteiger charge is -2.14. The fourth-order valence-electron chi connectivity index (χ4n) is 1.73. The third-order valence-electron chi connectivity index (χ3n) is 2.85. The van der Waals surface area contributed by atoms with Crippen molar-refractivity contribution < 1.29 is 4.74 Å². The van der Waals surface area contributed by atoms with Gasteiger partial charge in [0.25, 0.3) is 0 Å². The van der Waals surface area contributed by atoms with Crippen LogP contribution in [-0.2, 0) is 0 Å². The van der Waals surface area contributed by atoms with Crippen LogP contribution in [0.2, 0.25) is 0 Å². The SMILES string of the molecule is CCNC(=NCC(C)Oc1ccccc1)NC1CC1.I. The Bertz CT molecular complexity index is 407. The molecule has 0 amide bonds. The summed E-state index contributed by atoms with van der Waals surface area (Å²) in [5.41, 5.74) is 0. The summed E-state index contributed by atoms with van der Waals surface area (Å²) in [6.07, 6.45) is 2.57. The van der Waals surface area contributed by atoms with E-state index in [1.54, 1.807) is 0 Å². The highest BCUT2D eigenvalue weighted by molar-refractivity contribution is 14.0. The fourth-order valence-corrected chi connectivity index (χ4v) is 1.73. The molecule has 0 aromatic heterocycles. The van der Waals surface area contributed by atoms with E-state index < -0.39 is 0 Å². The molecule has 2 N–H and O–H groups in total. The monoisotopic (exact) mass is 389 g/mol. The standard InChI is InChI=1S/C15H23N3O.HI/c1-3-16-15(18-13-9-10-13)17-11-12(2)19-14-7-5-4-6-8-14;/h4-8,12-13H,3,9-11H2,1-2H3,(H2,16,17,18);1H. The third-order valence-corrected chi connectivity index (χ3v) is 2.85. The van der Waals surface area contributed by atoms with Crippen LogP contribution >= 0.6 is 24.0 Å². The second-order valence-corrected chi connectivity index (χ2v) is 4.88. The molecular weight excluding hydrogens is 365 g/mol. The van der Waals surface area contributed by atoms with Crippen molar-refractivity contribution in [1.29, 1.82) is 0 Å². The molecule has 2 rings (SSSR count). The molecule has 0 saturated heterocycles. The quantitative estimate of drug-likeness (QED) is 0.447. The highest BCUT2D eigenvalue weighted by atomic mass is 127. The number of nitrogens with one attached hydrogen (secondary N) is 2. The van der Waals surface area contributed by atoms with Gasteiger partial charge < -0.3 is 15.4 Å². The van der Waals surface area contributed by atoms with Gasteiger partial charge in [0.1, 0.15) is 11.9 Å². The molecule has 1 aromatic carbocycles. The van der Waals surface area contributed by atoms with E-state index in [9.17, 15) is 0 Å². The smallest absolute Gasteiger partial charge is 0.191 e. The number of benzene rings is 1. The van der Waals surface area contributed by atoms with Crippen molar-refractivity contribution in [3.05, 3.63) is 30.3 Å². The number of halogens is 1. The predicted molar refractivity (Wildman–Crippen MR) is 94.1 cm³/mol. The number of hydrogen-bond acceptors (Lipinski definition) is 2. The van der Waals surface area contributed by atoms with Gasteiger partial charge in [-0.3, -0.25) is 0 Å². The number of rotatable bonds is 6. The van der Waals surface area contributed by atoms with Gasteiger partial charge in [-0.25, -0.2) is 4.99 Å². The van der Waals surface area contributed by atoms with Crippen molar-refractivity contribution in [1.82, 2.24) is 10.6 Å². The molecule has 1 aliphatic rings. The Balaban J connectivity index is 0.00000200. The molecule has 20 heavy (non-hydrogen) atoms. The predicted octanol–water partition coefficient (Wildman–Crippen LogP) is 2.79. The minimum Gasteiger partial charge on any atom is -0.489 e. The minimum atomic E-state index is 0. The number of ether oxygens (including phenoxy) is 1. The van der Waals surface area contributed by atoms with Crippen molar-refractivity contribution in [3.8, 4) is 5.75 Å². The summed E-state index contributed by atoms with van der Waals surface area (Å²) in [5.74, 6) is 1.79. The second kappa shape index (κ2) is 9.05. The average molecular weight is 389 g/mol. The van der Waals surface area contributed by atoms with Crippen molar-refractivity contribution in [3.63, 3.8) is 0 Å². The van der Waals surface area contributed by atoms with Gasteiger partial charge in [-0.05, 0) is 38.8 Å². The van der Waals surface area contributed by atoms with Gasteiger partial charge in [-0.2, -0.15) is 0 Å². The Kier molecular flexibility index (Phi) is 7.72.